The summed E-state index contributed by atoms with van der Waals surface area (Å²) in [6.45, 7) is 2.73. The molecular formula is C16H16N2O3S. The summed E-state index contributed by atoms with van der Waals surface area (Å²) in [5.74, 6) is -0.361. The van der Waals surface area contributed by atoms with Crippen LogP contribution in [0.2, 0.25) is 0 Å². The van der Waals surface area contributed by atoms with Crippen molar-refractivity contribution in [2.45, 2.75) is 19.9 Å². The summed E-state index contributed by atoms with van der Waals surface area (Å²) in [6, 6.07) is 7.70. The van der Waals surface area contributed by atoms with Gasteiger partial charge in [-0.1, -0.05) is 36.9 Å². The molecule has 1 aliphatic rings. The highest BCUT2D eigenvalue weighted by Gasteiger charge is 2.32. The van der Waals surface area contributed by atoms with Gasteiger partial charge in [-0.3, -0.25) is 19.3 Å². The number of fused-ring (bicyclic) bond motifs is 1. The van der Waals surface area contributed by atoms with Crippen LogP contribution in [0.15, 0.2) is 30.5 Å². The maximum Gasteiger partial charge on any atom is 0.289 e. The number of rotatable bonds is 5. The molecule has 114 valence electrons. The van der Waals surface area contributed by atoms with Crippen LogP contribution in [0.4, 0.5) is 4.79 Å². The maximum absolute atomic E-state index is 12.6. The second-order valence-electron chi connectivity index (χ2n) is 5.21. The van der Waals surface area contributed by atoms with E-state index in [1.54, 1.807) is 0 Å². The first kappa shape index (κ1) is 14.8. The summed E-state index contributed by atoms with van der Waals surface area (Å²) in [6.07, 6.45) is 2.79. The molecule has 0 N–H and O–H groups in total. The molecule has 0 bridgehead atoms. The molecule has 1 saturated heterocycles. The van der Waals surface area contributed by atoms with Gasteiger partial charge in [-0.05, 0) is 12.5 Å². The van der Waals surface area contributed by atoms with E-state index in [1.807, 2.05) is 35.0 Å². The number of imide groups is 1. The third-order valence-corrected chi connectivity index (χ3v) is 4.55. The van der Waals surface area contributed by atoms with Crippen LogP contribution in [-0.4, -0.2) is 38.7 Å². The average molecular weight is 316 g/mol. The van der Waals surface area contributed by atoms with E-state index < -0.39 is 0 Å². The van der Waals surface area contributed by atoms with Gasteiger partial charge in [0.15, 0.2) is 5.78 Å². The summed E-state index contributed by atoms with van der Waals surface area (Å²) in [5.41, 5.74) is 1.57. The van der Waals surface area contributed by atoms with Gasteiger partial charge in [0.05, 0.1) is 12.3 Å². The minimum Gasteiger partial charge on any atom is -0.347 e. The third kappa shape index (κ3) is 2.54. The van der Waals surface area contributed by atoms with Gasteiger partial charge in [0, 0.05) is 29.2 Å². The van der Waals surface area contributed by atoms with E-state index in [9.17, 15) is 14.4 Å². The zero-order valence-electron chi connectivity index (χ0n) is 12.2. The maximum atomic E-state index is 12.6. The van der Waals surface area contributed by atoms with Crippen molar-refractivity contribution in [3.63, 3.8) is 0 Å². The first-order valence-corrected chi connectivity index (χ1v) is 8.18. The van der Waals surface area contributed by atoms with Crippen molar-refractivity contribution in [2.24, 2.45) is 0 Å². The van der Waals surface area contributed by atoms with Crippen molar-refractivity contribution in [3.8, 4) is 0 Å². The molecule has 0 atom stereocenters. The lowest BCUT2D eigenvalue weighted by Gasteiger charge is -2.10. The molecular weight excluding hydrogens is 300 g/mol. The number of nitrogens with zero attached hydrogens (tertiary/aromatic N) is 2. The zero-order chi connectivity index (χ0) is 15.7. The van der Waals surface area contributed by atoms with Crippen LogP contribution in [0.1, 0.15) is 23.7 Å². The Hall–Kier alpha value is -2.08. The van der Waals surface area contributed by atoms with Crippen molar-refractivity contribution in [2.75, 3.05) is 12.3 Å². The first-order chi connectivity index (χ1) is 10.6. The summed E-state index contributed by atoms with van der Waals surface area (Å²) in [7, 11) is 0. The molecule has 5 nitrogen and oxygen atoms in total. The van der Waals surface area contributed by atoms with Gasteiger partial charge in [0.25, 0.3) is 5.24 Å². The molecule has 2 aromatic rings. The van der Waals surface area contributed by atoms with Crippen LogP contribution in [0.3, 0.4) is 0 Å². The Labute approximate surface area is 132 Å². The molecule has 0 unspecified atom stereocenters. The molecule has 0 radical (unpaired) electrons. The number of para-hydroxylation sites is 1. The first-order valence-electron chi connectivity index (χ1n) is 7.20. The van der Waals surface area contributed by atoms with E-state index in [-0.39, 0.29) is 29.2 Å². The Morgan fingerprint density at radius 3 is 2.73 bits per heavy atom. The third-order valence-electron chi connectivity index (χ3n) is 3.70. The number of carbonyl (C=O) groups excluding carboxylic acids is 3. The van der Waals surface area contributed by atoms with Gasteiger partial charge in [0.2, 0.25) is 5.91 Å². The number of Topliss-reactive ketones (excluding diaryl/α,β-unsaturated/α-hetero) is 1. The minimum absolute atomic E-state index is 0.129. The Morgan fingerprint density at radius 1 is 1.27 bits per heavy atom. The largest absolute Gasteiger partial charge is 0.347 e. The topological polar surface area (TPSA) is 59.4 Å². The number of aromatic nitrogens is 1. The lowest BCUT2D eigenvalue weighted by atomic mass is 10.1. The number of amides is 2. The molecule has 1 aromatic heterocycles. The molecule has 0 saturated carbocycles. The number of thioether (sulfide) groups is 1. The standard InChI is InChI=1S/C16H16N2O3S/c1-2-7-17-8-12(11-5-3-4-6-13(11)17)14(19)9-18-15(20)10-22-16(18)21/h3-6,8H,2,7,9-10H2,1H3. The van der Waals surface area contributed by atoms with Crippen molar-refractivity contribution in [3.05, 3.63) is 36.0 Å². The van der Waals surface area contributed by atoms with Gasteiger partial charge in [-0.25, -0.2) is 0 Å². The van der Waals surface area contributed by atoms with Crippen molar-refractivity contribution in [1.82, 2.24) is 9.47 Å². The van der Waals surface area contributed by atoms with Crippen molar-refractivity contribution >= 4 is 39.6 Å². The van der Waals surface area contributed by atoms with Crippen LogP contribution < -0.4 is 0 Å². The molecule has 0 aliphatic carbocycles. The monoisotopic (exact) mass is 316 g/mol. The number of aryl methyl sites for hydroxylation is 1. The van der Waals surface area contributed by atoms with Gasteiger partial charge in [0.1, 0.15) is 0 Å². The van der Waals surface area contributed by atoms with Crippen molar-refractivity contribution < 1.29 is 14.4 Å². The molecule has 22 heavy (non-hydrogen) atoms. The molecule has 0 spiro atoms. The number of carbonyl (C=O) groups is 3. The zero-order valence-corrected chi connectivity index (χ0v) is 13.1. The van der Waals surface area contributed by atoms with Crippen LogP contribution >= 0.6 is 11.8 Å². The van der Waals surface area contributed by atoms with Gasteiger partial charge in [-0.2, -0.15) is 0 Å². The predicted molar refractivity (Wildman–Crippen MR) is 86.1 cm³/mol. The molecule has 1 aliphatic heterocycles. The molecule has 2 amide bonds. The van der Waals surface area contributed by atoms with E-state index in [4.69, 9.17) is 0 Å². The highest BCUT2D eigenvalue weighted by Crippen LogP contribution is 2.24. The van der Waals surface area contributed by atoms with Crippen LogP contribution in [0, 0.1) is 0 Å². The van der Waals surface area contributed by atoms with E-state index in [0.717, 1.165) is 40.5 Å². The van der Waals surface area contributed by atoms with Gasteiger partial charge in [-0.15, -0.1) is 0 Å². The summed E-state index contributed by atoms with van der Waals surface area (Å²) in [4.78, 5) is 36.9. The normalized spacial score (nSPS) is 15.0. The fourth-order valence-electron chi connectivity index (χ4n) is 2.66. The number of ketones is 1. The van der Waals surface area contributed by atoms with Crippen molar-refractivity contribution in [1.29, 1.82) is 0 Å². The van der Waals surface area contributed by atoms with Gasteiger partial charge < -0.3 is 4.57 Å². The molecule has 1 fully saturated rings. The van der Waals surface area contributed by atoms with Crippen LogP contribution in [0.25, 0.3) is 10.9 Å². The number of hydrogen-bond acceptors (Lipinski definition) is 4. The number of benzene rings is 1. The second kappa shape index (κ2) is 5.96. The summed E-state index contributed by atoms with van der Waals surface area (Å²) in [5, 5.41) is 0.531. The fourth-order valence-corrected chi connectivity index (χ4v) is 3.38. The lowest BCUT2D eigenvalue weighted by Crippen LogP contribution is -2.33. The summed E-state index contributed by atoms with van der Waals surface area (Å²) < 4.78 is 2.05. The second-order valence-corrected chi connectivity index (χ2v) is 6.14. The Kier molecular flexibility index (Phi) is 4.02. The molecule has 3 rings (SSSR count). The molecule has 2 heterocycles. The summed E-state index contributed by atoms with van der Waals surface area (Å²) >= 11 is 0.948. The highest BCUT2D eigenvalue weighted by molar-refractivity contribution is 8.14. The fraction of sp³-hybridized carbons (Fsp3) is 0.312. The lowest BCUT2D eigenvalue weighted by molar-refractivity contribution is -0.124. The SMILES string of the molecule is CCCn1cc(C(=O)CN2C(=O)CSC2=O)c2ccccc21. The quantitative estimate of drug-likeness (QED) is 0.796. The van der Waals surface area contributed by atoms with Crippen LogP contribution in [0.5, 0.6) is 0 Å². The van der Waals surface area contributed by atoms with E-state index >= 15 is 0 Å². The average Bonchev–Trinajstić information content (AvgIpc) is 3.03. The van der Waals surface area contributed by atoms with Gasteiger partial charge >= 0.3 is 0 Å². The molecule has 6 heteroatoms. The minimum atomic E-state index is -0.337. The highest BCUT2D eigenvalue weighted by atomic mass is 32.2. The Morgan fingerprint density at radius 2 is 2.05 bits per heavy atom. The molecule has 1 aromatic carbocycles. The smallest absolute Gasteiger partial charge is 0.289 e. The Bertz CT molecular complexity index is 750. The van der Waals surface area contributed by atoms with Crippen LogP contribution in [-0.2, 0) is 11.3 Å². The van der Waals surface area contributed by atoms with E-state index in [2.05, 4.69) is 6.92 Å². The van der Waals surface area contributed by atoms with E-state index in [0.29, 0.717) is 5.56 Å². The van der Waals surface area contributed by atoms with E-state index in [1.165, 1.54) is 0 Å². The Balaban J connectivity index is 1.94. The predicted octanol–water partition coefficient (Wildman–Crippen LogP) is 2.93. The number of hydrogen-bond donors (Lipinski definition) is 0.